The van der Waals surface area contributed by atoms with Gasteiger partial charge >= 0.3 is 5.97 Å². The van der Waals surface area contributed by atoms with E-state index in [1.807, 2.05) is 43.3 Å². The molecule has 1 unspecified atom stereocenters. The molecule has 6 nitrogen and oxygen atoms in total. The van der Waals surface area contributed by atoms with Crippen LogP contribution < -0.4 is 15.0 Å². The molecule has 29 heavy (non-hydrogen) atoms. The fourth-order valence-corrected chi connectivity index (χ4v) is 3.88. The third kappa shape index (κ3) is 4.53. The second-order valence-electron chi connectivity index (χ2n) is 7.67. The van der Waals surface area contributed by atoms with Gasteiger partial charge in [-0.15, -0.1) is 0 Å². The second-order valence-corrected chi connectivity index (χ2v) is 7.67. The minimum absolute atomic E-state index is 0.272. The van der Waals surface area contributed by atoms with E-state index in [1.165, 1.54) is 18.5 Å². The van der Waals surface area contributed by atoms with Gasteiger partial charge in [0.25, 0.3) is 5.91 Å². The Morgan fingerprint density at radius 3 is 2.76 bits per heavy atom. The predicted molar refractivity (Wildman–Crippen MR) is 111 cm³/mol. The Hall–Kier alpha value is -3.02. The number of rotatable bonds is 5. The van der Waals surface area contributed by atoms with Crippen molar-refractivity contribution in [3.05, 3.63) is 53.6 Å². The lowest BCUT2D eigenvalue weighted by molar-refractivity contribution is -0.152. The molecule has 1 N–H and O–H groups in total. The number of carbonyl (C=O) groups is 2. The number of hydrogen-bond donors (Lipinski definition) is 1. The smallest absolute Gasteiger partial charge is 0.313 e. The largest absolute Gasteiger partial charge is 0.492 e. The maximum atomic E-state index is 12.3. The summed E-state index contributed by atoms with van der Waals surface area (Å²) in [6, 6.07) is 13.7. The van der Waals surface area contributed by atoms with E-state index in [2.05, 4.69) is 16.3 Å². The first-order valence-electron chi connectivity index (χ1n) is 10.1. The van der Waals surface area contributed by atoms with Crippen molar-refractivity contribution in [2.45, 2.75) is 26.2 Å². The van der Waals surface area contributed by atoms with E-state index in [1.54, 1.807) is 0 Å². The van der Waals surface area contributed by atoms with Crippen LogP contribution in [-0.4, -0.2) is 38.2 Å². The molecule has 6 heteroatoms. The molecule has 2 aliphatic rings. The normalized spacial score (nSPS) is 18.0. The highest BCUT2D eigenvalue weighted by atomic mass is 16.5. The van der Waals surface area contributed by atoms with E-state index in [0.717, 1.165) is 35.7 Å². The van der Waals surface area contributed by atoms with E-state index in [9.17, 15) is 9.59 Å². The van der Waals surface area contributed by atoms with Gasteiger partial charge in [0.15, 0.2) is 6.61 Å². The van der Waals surface area contributed by atoms with Gasteiger partial charge in [-0.25, -0.2) is 0 Å². The molecule has 152 valence electrons. The molecular formula is C23H26N2O4. The number of nitrogens with one attached hydrogen (secondary N) is 1. The highest BCUT2D eigenvalue weighted by Crippen LogP contribution is 2.28. The number of aryl methyl sites for hydroxylation is 1. The molecule has 0 radical (unpaired) electrons. The number of anilines is 2. The van der Waals surface area contributed by atoms with Crippen molar-refractivity contribution in [2.24, 2.45) is 5.92 Å². The first-order chi connectivity index (χ1) is 14.1. The summed E-state index contributed by atoms with van der Waals surface area (Å²) in [5.74, 6) is -0.329. The third-order valence-corrected chi connectivity index (χ3v) is 5.51. The Bertz CT molecular complexity index is 906. The van der Waals surface area contributed by atoms with Gasteiger partial charge in [0.1, 0.15) is 12.4 Å². The summed E-state index contributed by atoms with van der Waals surface area (Å²) in [4.78, 5) is 26.9. The summed E-state index contributed by atoms with van der Waals surface area (Å²) in [5.41, 5.74) is 3.90. The van der Waals surface area contributed by atoms with E-state index < -0.39 is 5.97 Å². The lowest BCUT2D eigenvalue weighted by atomic mass is 9.97. The standard InChI is InChI=1S/C23H26N2O4/c1-16-12-19(25-10-4-5-11-25)8-9-20(16)24-22(26)15-29-23(27)18-13-17-6-2-3-7-21(17)28-14-18/h2-3,6-9,12,18H,4-5,10-11,13-15H2,1H3,(H,24,26). The van der Waals surface area contributed by atoms with Crippen molar-refractivity contribution in [1.82, 2.24) is 0 Å². The van der Waals surface area contributed by atoms with Gasteiger partial charge in [0.05, 0.1) is 5.92 Å². The van der Waals surface area contributed by atoms with Gasteiger partial charge in [0.2, 0.25) is 0 Å². The molecule has 2 aliphatic heterocycles. The average Bonchev–Trinajstić information content (AvgIpc) is 3.28. The van der Waals surface area contributed by atoms with Crippen LogP contribution in [0.25, 0.3) is 0 Å². The Morgan fingerprint density at radius 2 is 1.97 bits per heavy atom. The summed E-state index contributed by atoms with van der Waals surface area (Å²) < 4.78 is 10.9. The number of carbonyl (C=O) groups excluding carboxylic acids is 2. The average molecular weight is 394 g/mol. The van der Waals surface area contributed by atoms with Crippen LogP contribution in [-0.2, 0) is 20.7 Å². The fraction of sp³-hybridized carbons (Fsp3) is 0.391. The van der Waals surface area contributed by atoms with Crippen LogP contribution in [0, 0.1) is 12.8 Å². The number of nitrogens with zero attached hydrogens (tertiary/aromatic N) is 1. The highest BCUT2D eigenvalue weighted by molar-refractivity contribution is 5.93. The summed E-state index contributed by atoms with van der Waals surface area (Å²) in [6.07, 6.45) is 3.01. The minimum atomic E-state index is -0.407. The molecular weight excluding hydrogens is 368 g/mol. The number of esters is 1. The van der Waals surface area contributed by atoms with Crippen LogP contribution in [0.2, 0.25) is 0 Å². The molecule has 0 aliphatic carbocycles. The molecule has 0 spiro atoms. The van der Waals surface area contributed by atoms with E-state index in [0.29, 0.717) is 6.42 Å². The Morgan fingerprint density at radius 1 is 1.17 bits per heavy atom. The predicted octanol–water partition coefficient (Wildman–Crippen LogP) is 3.33. The third-order valence-electron chi connectivity index (χ3n) is 5.51. The molecule has 2 heterocycles. The van der Waals surface area contributed by atoms with Crippen LogP contribution in [0.5, 0.6) is 5.75 Å². The Balaban J connectivity index is 1.28. The first kappa shape index (κ1) is 19.3. The number of amides is 1. The van der Waals surface area contributed by atoms with Gasteiger partial charge in [0, 0.05) is 24.5 Å². The maximum absolute atomic E-state index is 12.3. The zero-order chi connectivity index (χ0) is 20.2. The summed E-state index contributed by atoms with van der Waals surface area (Å²) >= 11 is 0. The molecule has 4 rings (SSSR count). The Kier molecular flexibility index (Phi) is 5.69. The lowest BCUT2D eigenvalue weighted by Crippen LogP contribution is -2.32. The van der Waals surface area contributed by atoms with Crippen molar-refractivity contribution in [3.63, 3.8) is 0 Å². The zero-order valence-corrected chi connectivity index (χ0v) is 16.6. The topological polar surface area (TPSA) is 67.9 Å². The van der Waals surface area contributed by atoms with Gasteiger partial charge in [-0.1, -0.05) is 18.2 Å². The molecule has 1 fully saturated rings. The fourth-order valence-electron chi connectivity index (χ4n) is 3.88. The van der Waals surface area contributed by atoms with Crippen molar-refractivity contribution < 1.29 is 19.1 Å². The zero-order valence-electron chi connectivity index (χ0n) is 16.6. The molecule has 1 saturated heterocycles. The van der Waals surface area contributed by atoms with Gasteiger partial charge < -0.3 is 19.7 Å². The lowest BCUT2D eigenvalue weighted by Gasteiger charge is -2.23. The number of benzene rings is 2. The molecule has 0 saturated carbocycles. The maximum Gasteiger partial charge on any atom is 0.313 e. The van der Waals surface area contributed by atoms with Gasteiger partial charge in [-0.3, -0.25) is 9.59 Å². The summed E-state index contributed by atoms with van der Waals surface area (Å²) in [7, 11) is 0. The van der Waals surface area contributed by atoms with E-state index in [-0.39, 0.29) is 25.0 Å². The molecule has 2 aromatic carbocycles. The number of ether oxygens (including phenoxy) is 2. The number of fused-ring (bicyclic) bond motifs is 1. The van der Waals surface area contributed by atoms with Crippen LogP contribution >= 0.6 is 0 Å². The quantitative estimate of drug-likeness (QED) is 0.788. The van der Waals surface area contributed by atoms with Crippen molar-refractivity contribution >= 4 is 23.3 Å². The molecule has 2 aromatic rings. The number of hydrogen-bond acceptors (Lipinski definition) is 5. The monoisotopic (exact) mass is 394 g/mol. The van der Waals surface area contributed by atoms with Crippen LogP contribution in [0.3, 0.4) is 0 Å². The number of para-hydroxylation sites is 1. The van der Waals surface area contributed by atoms with Gasteiger partial charge in [-0.05, 0) is 61.6 Å². The summed E-state index contributed by atoms with van der Waals surface area (Å²) in [5, 5.41) is 2.84. The highest BCUT2D eigenvalue weighted by Gasteiger charge is 2.27. The molecule has 1 atom stereocenters. The first-order valence-corrected chi connectivity index (χ1v) is 10.1. The summed E-state index contributed by atoms with van der Waals surface area (Å²) in [6.45, 7) is 4.10. The van der Waals surface area contributed by atoms with Crippen LogP contribution in [0.1, 0.15) is 24.0 Å². The molecule has 0 bridgehead atoms. The molecule has 0 aromatic heterocycles. The van der Waals surface area contributed by atoms with E-state index in [4.69, 9.17) is 9.47 Å². The van der Waals surface area contributed by atoms with Crippen molar-refractivity contribution in [3.8, 4) is 5.75 Å². The SMILES string of the molecule is Cc1cc(N2CCCC2)ccc1NC(=O)COC(=O)C1COc2ccccc2C1. The Labute approximate surface area is 170 Å². The minimum Gasteiger partial charge on any atom is -0.492 e. The van der Waals surface area contributed by atoms with E-state index >= 15 is 0 Å². The molecule has 1 amide bonds. The van der Waals surface area contributed by atoms with Crippen LogP contribution in [0.4, 0.5) is 11.4 Å². The van der Waals surface area contributed by atoms with Gasteiger partial charge in [-0.2, -0.15) is 0 Å². The van der Waals surface area contributed by atoms with Crippen molar-refractivity contribution in [1.29, 1.82) is 0 Å². The van der Waals surface area contributed by atoms with Crippen molar-refractivity contribution in [2.75, 3.05) is 36.5 Å². The second kappa shape index (κ2) is 8.55. The van der Waals surface area contributed by atoms with Crippen LogP contribution in [0.15, 0.2) is 42.5 Å².